The van der Waals surface area contributed by atoms with Crippen molar-refractivity contribution in [2.45, 2.75) is 0 Å². The molecule has 0 spiro atoms. The van der Waals surface area contributed by atoms with E-state index in [9.17, 15) is 9.18 Å². The van der Waals surface area contributed by atoms with Crippen molar-refractivity contribution in [1.29, 1.82) is 0 Å². The first-order chi connectivity index (χ1) is 6.06. The Hall–Kier alpha value is -0.310. The number of halogens is 4. The van der Waals surface area contributed by atoms with Gasteiger partial charge in [0.15, 0.2) is 5.78 Å². The van der Waals surface area contributed by atoms with Crippen molar-refractivity contribution in [3.8, 4) is 0 Å². The molecule has 0 radical (unpaired) electrons. The fraction of sp³-hybridized carbons (Fsp3) is 0.125. The van der Waals surface area contributed by atoms with Crippen molar-refractivity contribution < 1.29 is 9.18 Å². The van der Waals surface area contributed by atoms with Crippen molar-refractivity contribution in [2.75, 3.05) is 5.88 Å². The molecule has 1 nitrogen and oxygen atoms in total. The van der Waals surface area contributed by atoms with Gasteiger partial charge in [-0.05, 0) is 12.1 Å². The van der Waals surface area contributed by atoms with Gasteiger partial charge < -0.3 is 0 Å². The molecular formula is C8H4Cl3FO. The largest absolute Gasteiger partial charge is 0.293 e. The number of hydrogen-bond acceptors (Lipinski definition) is 1. The van der Waals surface area contributed by atoms with E-state index in [0.29, 0.717) is 0 Å². The van der Waals surface area contributed by atoms with Crippen molar-refractivity contribution in [1.82, 2.24) is 0 Å². The number of benzene rings is 1. The first-order valence-electron chi connectivity index (χ1n) is 3.30. The van der Waals surface area contributed by atoms with E-state index < -0.39 is 5.82 Å². The fourth-order valence-corrected chi connectivity index (χ4v) is 1.37. The van der Waals surface area contributed by atoms with Crippen LogP contribution in [0.2, 0.25) is 10.0 Å². The SMILES string of the molecule is O=C(CCl)c1cc(Cl)c(F)cc1Cl. The number of hydrogen-bond donors (Lipinski definition) is 0. The van der Waals surface area contributed by atoms with Gasteiger partial charge in [0.1, 0.15) is 5.82 Å². The Labute approximate surface area is 89.4 Å². The van der Waals surface area contributed by atoms with Gasteiger partial charge in [-0.2, -0.15) is 0 Å². The van der Waals surface area contributed by atoms with E-state index in [0.717, 1.165) is 6.07 Å². The molecule has 0 aliphatic heterocycles. The summed E-state index contributed by atoms with van der Waals surface area (Å²) in [4.78, 5) is 11.1. The van der Waals surface area contributed by atoms with Gasteiger partial charge in [-0.15, -0.1) is 11.6 Å². The van der Waals surface area contributed by atoms with Gasteiger partial charge in [-0.25, -0.2) is 4.39 Å². The van der Waals surface area contributed by atoms with E-state index in [4.69, 9.17) is 34.8 Å². The Bertz CT molecular complexity index is 351. The molecule has 0 aromatic heterocycles. The molecule has 0 heterocycles. The third-order valence-electron chi connectivity index (χ3n) is 1.43. The molecule has 1 rings (SSSR count). The summed E-state index contributed by atoms with van der Waals surface area (Å²) in [6, 6.07) is 2.16. The number of rotatable bonds is 2. The Morgan fingerprint density at radius 1 is 1.31 bits per heavy atom. The maximum atomic E-state index is 12.8. The first-order valence-corrected chi connectivity index (χ1v) is 4.59. The zero-order chi connectivity index (χ0) is 10.0. The zero-order valence-electron chi connectivity index (χ0n) is 6.28. The molecule has 0 unspecified atom stereocenters. The number of ketones is 1. The summed E-state index contributed by atoms with van der Waals surface area (Å²) < 4.78 is 12.8. The molecule has 0 atom stereocenters. The molecule has 13 heavy (non-hydrogen) atoms. The predicted octanol–water partition coefficient (Wildman–Crippen LogP) is 3.55. The summed E-state index contributed by atoms with van der Waals surface area (Å²) in [5.41, 5.74) is 0.142. The lowest BCUT2D eigenvalue weighted by Gasteiger charge is -2.02. The van der Waals surface area contributed by atoms with E-state index in [1.807, 2.05) is 0 Å². The Morgan fingerprint density at radius 2 is 1.92 bits per heavy atom. The fourth-order valence-electron chi connectivity index (χ4n) is 0.808. The second kappa shape index (κ2) is 4.27. The number of Topliss-reactive ketones (excluding diaryl/α,β-unsaturated/α-hetero) is 1. The summed E-state index contributed by atoms with van der Waals surface area (Å²) in [5.74, 6) is -1.24. The maximum Gasteiger partial charge on any atom is 0.179 e. The van der Waals surface area contributed by atoms with Gasteiger partial charge in [-0.3, -0.25) is 4.79 Å². The van der Waals surface area contributed by atoms with Crippen LogP contribution in [0.3, 0.4) is 0 Å². The van der Waals surface area contributed by atoms with Gasteiger partial charge in [0.25, 0.3) is 0 Å². The number of alkyl halides is 1. The average molecular weight is 241 g/mol. The van der Waals surface area contributed by atoms with Crippen molar-refractivity contribution in [3.63, 3.8) is 0 Å². The predicted molar refractivity (Wildman–Crippen MR) is 51.5 cm³/mol. The van der Waals surface area contributed by atoms with Gasteiger partial charge in [0.05, 0.1) is 15.9 Å². The maximum absolute atomic E-state index is 12.8. The van der Waals surface area contributed by atoms with Crippen molar-refractivity contribution in [2.24, 2.45) is 0 Å². The van der Waals surface area contributed by atoms with E-state index >= 15 is 0 Å². The summed E-state index contributed by atoms with van der Waals surface area (Å²) >= 11 is 16.4. The van der Waals surface area contributed by atoms with E-state index in [-0.39, 0.29) is 27.3 Å². The van der Waals surface area contributed by atoms with Crippen molar-refractivity contribution in [3.05, 3.63) is 33.6 Å². The normalized spacial score (nSPS) is 10.2. The third kappa shape index (κ3) is 2.33. The molecule has 0 saturated carbocycles. The Balaban J connectivity index is 3.23. The van der Waals surface area contributed by atoms with Gasteiger partial charge in [-0.1, -0.05) is 23.2 Å². The summed E-state index contributed by atoms with van der Waals surface area (Å²) in [6.45, 7) is 0. The Morgan fingerprint density at radius 3 is 2.46 bits per heavy atom. The minimum atomic E-state index is -0.655. The highest BCUT2D eigenvalue weighted by molar-refractivity contribution is 6.38. The minimum Gasteiger partial charge on any atom is -0.293 e. The lowest BCUT2D eigenvalue weighted by atomic mass is 10.1. The second-order valence-electron chi connectivity index (χ2n) is 2.30. The summed E-state index contributed by atoms with van der Waals surface area (Å²) in [7, 11) is 0. The molecule has 1 aromatic carbocycles. The molecule has 0 amide bonds. The van der Waals surface area contributed by atoms with Crippen LogP contribution in [-0.4, -0.2) is 11.7 Å². The highest BCUT2D eigenvalue weighted by Crippen LogP contribution is 2.24. The quantitative estimate of drug-likeness (QED) is 0.440. The molecule has 0 aliphatic carbocycles. The molecule has 5 heteroatoms. The Kier molecular flexibility index (Phi) is 3.54. The molecule has 0 saturated heterocycles. The van der Waals surface area contributed by atoms with Crippen LogP contribution in [-0.2, 0) is 0 Å². The lowest BCUT2D eigenvalue weighted by molar-refractivity contribution is 0.102. The highest BCUT2D eigenvalue weighted by atomic mass is 35.5. The van der Waals surface area contributed by atoms with Gasteiger partial charge in [0, 0.05) is 5.56 Å². The molecule has 0 bridgehead atoms. The first kappa shape index (κ1) is 10.8. The molecule has 0 N–H and O–H groups in total. The minimum absolute atomic E-state index is 0.0209. The van der Waals surface area contributed by atoms with Crippen molar-refractivity contribution >= 4 is 40.6 Å². The monoisotopic (exact) mass is 240 g/mol. The summed E-state index contributed by atoms with van der Waals surface area (Å²) in [6.07, 6.45) is 0. The van der Waals surface area contributed by atoms with Crippen LogP contribution in [0.15, 0.2) is 12.1 Å². The molecular weight excluding hydrogens is 237 g/mol. The smallest absolute Gasteiger partial charge is 0.179 e. The topological polar surface area (TPSA) is 17.1 Å². The van der Waals surface area contributed by atoms with E-state index in [2.05, 4.69) is 0 Å². The van der Waals surface area contributed by atoms with Gasteiger partial charge >= 0.3 is 0 Å². The van der Waals surface area contributed by atoms with Crippen LogP contribution < -0.4 is 0 Å². The average Bonchev–Trinajstić information content (AvgIpc) is 2.10. The molecule has 0 aliphatic rings. The van der Waals surface area contributed by atoms with Crippen LogP contribution in [0.4, 0.5) is 4.39 Å². The standard InChI is InChI=1S/C8H4Cl3FO/c9-3-8(13)4-1-6(11)7(12)2-5(4)10/h1-2H,3H2. The molecule has 70 valence electrons. The third-order valence-corrected chi connectivity index (χ3v) is 2.28. The lowest BCUT2D eigenvalue weighted by Crippen LogP contribution is -2.01. The van der Waals surface area contributed by atoms with Crippen LogP contribution in [0.25, 0.3) is 0 Å². The van der Waals surface area contributed by atoms with Crippen LogP contribution >= 0.6 is 34.8 Å². The van der Waals surface area contributed by atoms with Crippen LogP contribution in [0, 0.1) is 5.82 Å². The van der Waals surface area contributed by atoms with E-state index in [1.165, 1.54) is 6.07 Å². The molecule has 1 aromatic rings. The van der Waals surface area contributed by atoms with Gasteiger partial charge in [0.2, 0.25) is 0 Å². The van der Waals surface area contributed by atoms with Crippen LogP contribution in [0.1, 0.15) is 10.4 Å². The van der Waals surface area contributed by atoms with Crippen LogP contribution in [0.5, 0.6) is 0 Å². The number of carbonyl (C=O) groups is 1. The number of carbonyl (C=O) groups excluding carboxylic acids is 1. The second-order valence-corrected chi connectivity index (χ2v) is 3.38. The summed E-state index contributed by atoms with van der Waals surface area (Å²) in [5, 5.41) is -0.120. The highest BCUT2D eigenvalue weighted by Gasteiger charge is 2.12. The molecule has 0 fully saturated rings. The van der Waals surface area contributed by atoms with E-state index in [1.54, 1.807) is 0 Å². The zero-order valence-corrected chi connectivity index (χ0v) is 8.55.